The van der Waals surface area contributed by atoms with Crippen LogP contribution in [-0.2, 0) is 11.3 Å². The van der Waals surface area contributed by atoms with Crippen LogP contribution in [0.25, 0.3) is 5.69 Å². The van der Waals surface area contributed by atoms with Gasteiger partial charge < -0.3 is 9.47 Å². The van der Waals surface area contributed by atoms with Gasteiger partial charge in [0.25, 0.3) is 0 Å². The van der Waals surface area contributed by atoms with Crippen LogP contribution in [0.3, 0.4) is 0 Å². The van der Waals surface area contributed by atoms with Gasteiger partial charge in [-0.1, -0.05) is 53.6 Å². The average Bonchev–Trinajstić information content (AvgIpc) is 3.22. The lowest BCUT2D eigenvalue weighted by Crippen LogP contribution is -2.05. The Bertz CT molecular complexity index is 1050. The van der Waals surface area contributed by atoms with Crippen molar-refractivity contribution in [1.29, 1.82) is 0 Å². The van der Waals surface area contributed by atoms with Crippen molar-refractivity contribution in [3.63, 3.8) is 0 Å². The van der Waals surface area contributed by atoms with Crippen LogP contribution in [0.2, 0.25) is 0 Å². The average molecular weight is 372 g/mol. The maximum atomic E-state index is 12.2. The Morgan fingerprint density at radius 2 is 1.54 bits per heavy atom. The Balaban J connectivity index is 1.42. The van der Waals surface area contributed by atoms with E-state index in [1.807, 2.05) is 60.7 Å². The van der Waals surface area contributed by atoms with Crippen molar-refractivity contribution in [3.8, 4) is 17.4 Å². The molecule has 7 heteroatoms. The third-order valence-electron chi connectivity index (χ3n) is 3.95. The number of rotatable bonds is 6. The van der Waals surface area contributed by atoms with E-state index in [1.54, 1.807) is 24.3 Å². The van der Waals surface area contributed by atoms with E-state index in [2.05, 4.69) is 15.5 Å². The second-order valence-electron chi connectivity index (χ2n) is 5.90. The zero-order chi connectivity index (χ0) is 19.2. The summed E-state index contributed by atoms with van der Waals surface area (Å²) >= 11 is 0. The number of carbonyl (C=O) groups excluding carboxylic acids is 1. The summed E-state index contributed by atoms with van der Waals surface area (Å²) in [6.07, 6.45) is 0. The number of esters is 1. The summed E-state index contributed by atoms with van der Waals surface area (Å²) in [7, 11) is 0. The highest BCUT2D eigenvalue weighted by Gasteiger charge is 2.12. The summed E-state index contributed by atoms with van der Waals surface area (Å²) in [6, 6.07) is 25.8. The molecule has 0 fully saturated rings. The summed E-state index contributed by atoms with van der Waals surface area (Å²) in [4.78, 5) is 12.2. The molecule has 138 valence electrons. The van der Waals surface area contributed by atoms with Crippen molar-refractivity contribution in [2.75, 3.05) is 0 Å². The van der Waals surface area contributed by atoms with E-state index in [0.29, 0.717) is 11.3 Å². The van der Waals surface area contributed by atoms with Crippen LogP contribution in [0.5, 0.6) is 11.8 Å². The van der Waals surface area contributed by atoms with E-state index in [0.717, 1.165) is 11.3 Å². The molecule has 0 aliphatic heterocycles. The smallest absolute Gasteiger partial charge is 0.345 e. The lowest BCUT2D eigenvalue weighted by molar-refractivity contribution is 0.0472. The molecule has 0 amide bonds. The molecule has 0 unspecified atom stereocenters. The van der Waals surface area contributed by atoms with E-state index < -0.39 is 5.97 Å². The third-order valence-corrected chi connectivity index (χ3v) is 3.95. The minimum absolute atomic E-state index is 0.226. The topological polar surface area (TPSA) is 79.1 Å². The molecule has 3 aromatic carbocycles. The van der Waals surface area contributed by atoms with Gasteiger partial charge in [0.15, 0.2) is 0 Å². The molecule has 0 N–H and O–H groups in total. The highest BCUT2D eigenvalue weighted by molar-refractivity contribution is 5.89. The molecule has 0 radical (unpaired) electrons. The maximum Gasteiger partial charge on any atom is 0.345 e. The highest BCUT2D eigenvalue weighted by atomic mass is 16.5. The van der Waals surface area contributed by atoms with E-state index in [9.17, 15) is 4.79 Å². The van der Waals surface area contributed by atoms with Gasteiger partial charge in [-0.2, -0.15) is 4.68 Å². The molecule has 0 atom stereocenters. The third kappa shape index (κ3) is 4.04. The van der Waals surface area contributed by atoms with Gasteiger partial charge in [0, 0.05) is 0 Å². The van der Waals surface area contributed by atoms with Crippen LogP contribution < -0.4 is 4.74 Å². The number of hydrogen-bond donors (Lipinski definition) is 0. The molecule has 0 aliphatic rings. The van der Waals surface area contributed by atoms with Crippen LogP contribution in [0.15, 0.2) is 84.9 Å². The van der Waals surface area contributed by atoms with E-state index in [1.165, 1.54) is 4.68 Å². The summed E-state index contributed by atoms with van der Waals surface area (Å²) in [5.74, 6) is 0.108. The van der Waals surface area contributed by atoms with Gasteiger partial charge in [-0.05, 0) is 52.4 Å². The lowest BCUT2D eigenvalue weighted by atomic mass is 10.2. The van der Waals surface area contributed by atoms with Gasteiger partial charge in [-0.3, -0.25) is 0 Å². The number of ether oxygens (including phenoxy) is 2. The van der Waals surface area contributed by atoms with E-state index >= 15 is 0 Å². The first kappa shape index (κ1) is 17.4. The molecule has 4 aromatic rings. The lowest BCUT2D eigenvalue weighted by Gasteiger charge is -2.07. The Morgan fingerprint density at radius 1 is 0.857 bits per heavy atom. The number of hydrogen-bond acceptors (Lipinski definition) is 6. The van der Waals surface area contributed by atoms with Crippen LogP contribution in [0.4, 0.5) is 0 Å². The Kier molecular flexibility index (Phi) is 5.06. The van der Waals surface area contributed by atoms with Crippen molar-refractivity contribution in [1.82, 2.24) is 20.2 Å². The van der Waals surface area contributed by atoms with Gasteiger partial charge in [0.1, 0.15) is 12.4 Å². The van der Waals surface area contributed by atoms with E-state index in [4.69, 9.17) is 9.47 Å². The molecule has 7 nitrogen and oxygen atoms in total. The monoisotopic (exact) mass is 372 g/mol. The van der Waals surface area contributed by atoms with Crippen LogP contribution in [-0.4, -0.2) is 26.2 Å². The van der Waals surface area contributed by atoms with Crippen LogP contribution in [0, 0.1) is 0 Å². The fourth-order valence-electron chi connectivity index (χ4n) is 2.54. The van der Waals surface area contributed by atoms with Gasteiger partial charge in [-0.15, -0.1) is 0 Å². The second-order valence-corrected chi connectivity index (χ2v) is 5.90. The molecule has 1 aromatic heterocycles. The summed E-state index contributed by atoms with van der Waals surface area (Å²) in [5.41, 5.74) is 2.15. The van der Waals surface area contributed by atoms with Crippen molar-refractivity contribution < 1.29 is 14.3 Å². The van der Waals surface area contributed by atoms with Crippen LogP contribution >= 0.6 is 0 Å². The predicted octanol–water partition coefficient (Wildman–Crippen LogP) is 3.81. The SMILES string of the molecule is O=C(OCc1ccccc1)c1ccc(Oc2nnnn2-c2ccccc2)cc1. The molecule has 4 rings (SSSR count). The van der Waals surface area contributed by atoms with Crippen molar-refractivity contribution in [2.45, 2.75) is 6.61 Å². The minimum atomic E-state index is -0.399. The Hall–Kier alpha value is -4.00. The molecular weight excluding hydrogens is 356 g/mol. The Labute approximate surface area is 161 Å². The molecule has 0 bridgehead atoms. The van der Waals surface area contributed by atoms with Crippen LogP contribution in [0.1, 0.15) is 15.9 Å². The predicted molar refractivity (Wildman–Crippen MR) is 101 cm³/mol. The number of carbonyl (C=O) groups is 1. The molecule has 0 saturated heterocycles. The molecule has 0 saturated carbocycles. The zero-order valence-electron chi connectivity index (χ0n) is 14.8. The van der Waals surface area contributed by atoms with Gasteiger partial charge in [0.2, 0.25) is 0 Å². The normalized spacial score (nSPS) is 10.4. The largest absolute Gasteiger partial charge is 0.457 e. The number of para-hydroxylation sites is 1. The number of nitrogens with zero attached hydrogens (tertiary/aromatic N) is 4. The van der Waals surface area contributed by atoms with Crippen molar-refractivity contribution >= 4 is 5.97 Å². The zero-order valence-corrected chi connectivity index (χ0v) is 14.8. The maximum absolute atomic E-state index is 12.2. The van der Waals surface area contributed by atoms with E-state index in [-0.39, 0.29) is 12.6 Å². The molecule has 1 heterocycles. The number of tetrazole rings is 1. The highest BCUT2D eigenvalue weighted by Crippen LogP contribution is 2.21. The second kappa shape index (κ2) is 8.13. The van der Waals surface area contributed by atoms with Gasteiger partial charge >= 0.3 is 12.0 Å². The van der Waals surface area contributed by atoms with Crippen molar-refractivity contribution in [2.24, 2.45) is 0 Å². The molecule has 28 heavy (non-hydrogen) atoms. The Morgan fingerprint density at radius 3 is 2.25 bits per heavy atom. The summed E-state index contributed by atoms with van der Waals surface area (Å²) in [6.45, 7) is 0.226. The minimum Gasteiger partial charge on any atom is -0.457 e. The van der Waals surface area contributed by atoms with Crippen molar-refractivity contribution in [3.05, 3.63) is 96.1 Å². The van der Waals surface area contributed by atoms with Gasteiger partial charge in [0.05, 0.1) is 11.3 Å². The first-order chi connectivity index (χ1) is 13.8. The standard InChI is InChI=1S/C21H16N4O3/c26-20(27-15-16-7-3-1-4-8-16)17-11-13-19(14-12-17)28-21-22-23-24-25(21)18-9-5-2-6-10-18/h1-14H,15H2. The first-order valence-corrected chi connectivity index (χ1v) is 8.62. The van der Waals surface area contributed by atoms with Gasteiger partial charge in [-0.25, -0.2) is 4.79 Å². The number of benzene rings is 3. The first-order valence-electron chi connectivity index (χ1n) is 8.62. The molecular formula is C21H16N4O3. The molecule has 0 aliphatic carbocycles. The quantitative estimate of drug-likeness (QED) is 0.479. The summed E-state index contributed by atoms with van der Waals surface area (Å²) < 4.78 is 12.6. The summed E-state index contributed by atoms with van der Waals surface area (Å²) in [5, 5.41) is 11.5. The fraction of sp³-hybridized carbons (Fsp3) is 0.0476. The fourth-order valence-corrected chi connectivity index (χ4v) is 2.54. The number of aromatic nitrogens is 4. The molecule has 0 spiro atoms.